The van der Waals surface area contributed by atoms with E-state index in [2.05, 4.69) is 4.98 Å². The first kappa shape index (κ1) is 14.6. The molecule has 0 spiro atoms. The van der Waals surface area contributed by atoms with Crippen LogP contribution in [0.1, 0.15) is 11.1 Å². The van der Waals surface area contributed by atoms with E-state index >= 15 is 0 Å². The summed E-state index contributed by atoms with van der Waals surface area (Å²) in [5.41, 5.74) is 1.62. The van der Waals surface area contributed by atoms with Gasteiger partial charge in [0.15, 0.2) is 0 Å². The first-order chi connectivity index (χ1) is 10.2. The first-order valence-corrected chi connectivity index (χ1v) is 6.30. The van der Waals surface area contributed by atoms with Crippen LogP contribution in [0.25, 0.3) is 6.08 Å². The van der Waals surface area contributed by atoms with Crippen molar-refractivity contribution in [3.63, 3.8) is 0 Å². The van der Waals surface area contributed by atoms with Gasteiger partial charge in [-0.2, -0.15) is 0 Å². The Balaban J connectivity index is 2.19. The second-order valence-corrected chi connectivity index (χ2v) is 4.22. The Morgan fingerprint density at radius 2 is 2.05 bits per heavy atom. The predicted molar refractivity (Wildman–Crippen MR) is 78.2 cm³/mol. The summed E-state index contributed by atoms with van der Waals surface area (Å²) in [6.07, 6.45) is 5.93. The molecule has 5 nitrogen and oxygen atoms in total. The van der Waals surface area contributed by atoms with Gasteiger partial charge in [-0.3, -0.25) is 4.98 Å². The summed E-state index contributed by atoms with van der Waals surface area (Å²) in [4.78, 5) is 14.6. The smallest absolute Gasteiger partial charge is 0.328 e. The molecule has 0 saturated heterocycles. The Kier molecular flexibility index (Phi) is 4.93. The Hall–Kier alpha value is -2.82. The average Bonchev–Trinajstić information content (AvgIpc) is 2.52. The summed E-state index contributed by atoms with van der Waals surface area (Å²) in [6.45, 7) is 0.378. The predicted octanol–water partition coefficient (Wildman–Crippen LogP) is 2.77. The fourth-order valence-corrected chi connectivity index (χ4v) is 1.72. The van der Waals surface area contributed by atoms with Crippen LogP contribution < -0.4 is 9.47 Å². The number of ether oxygens (including phenoxy) is 2. The quantitative estimate of drug-likeness (QED) is 0.826. The molecule has 0 saturated carbocycles. The molecule has 0 fully saturated rings. The van der Waals surface area contributed by atoms with E-state index in [0.29, 0.717) is 23.7 Å². The molecule has 0 atom stereocenters. The van der Waals surface area contributed by atoms with Crippen LogP contribution in [0.2, 0.25) is 0 Å². The third kappa shape index (κ3) is 4.35. The minimum Gasteiger partial charge on any atom is -0.497 e. The van der Waals surface area contributed by atoms with Crippen molar-refractivity contribution in [3.05, 3.63) is 59.9 Å². The van der Waals surface area contributed by atoms with Crippen LogP contribution in [0.5, 0.6) is 11.5 Å². The minimum absolute atomic E-state index is 0.378. The van der Waals surface area contributed by atoms with Gasteiger partial charge in [0.1, 0.15) is 18.1 Å². The van der Waals surface area contributed by atoms with Gasteiger partial charge in [0.25, 0.3) is 0 Å². The topological polar surface area (TPSA) is 68.7 Å². The van der Waals surface area contributed by atoms with Gasteiger partial charge in [-0.25, -0.2) is 4.79 Å². The second-order valence-electron chi connectivity index (χ2n) is 4.22. The lowest BCUT2D eigenvalue weighted by Gasteiger charge is -2.10. The highest BCUT2D eigenvalue weighted by Crippen LogP contribution is 2.26. The highest BCUT2D eigenvalue weighted by atomic mass is 16.5. The van der Waals surface area contributed by atoms with Crippen molar-refractivity contribution in [2.45, 2.75) is 6.61 Å². The molecule has 0 bridgehead atoms. The zero-order chi connectivity index (χ0) is 15.1. The lowest BCUT2D eigenvalue weighted by atomic mass is 10.1. The maximum absolute atomic E-state index is 10.7. The molecule has 1 aromatic heterocycles. The van der Waals surface area contributed by atoms with Crippen LogP contribution in [0.4, 0.5) is 0 Å². The van der Waals surface area contributed by atoms with E-state index in [1.807, 2.05) is 12.1 Å². The number of aromatic nitrogens is 1. The lowest BCUT2D eigenvalue weighted by molar-refractivity contribution is -0.131. The third-order valence-electron chi connectivity index (χ3n) is 2.77. The van der Waals surface area contributed by atoms with Crippen LogP contribution >= 0.6 is 0 Å². The number of nitrogens with zero attached hydrogens (tertiary/aromatic N) is 1. The van der Waals surface area contributed by atoms with E-state index in [1.54, 1.807) is 37.7 Å². The lowest BCUT2D eigenvalue weighted by Crippen LogP contribution is -1.98. The highest BCUT2D eigenvalue weighted by molar-refractivity contribution is 5.86. The fourth-order valence-electron chi connectivity index (χ4n) is 1.72. The van der Waals surface area contributed by atoms with Crippen LogP contribution in [0.15, 0.2) is 48.8 Å². The van der Waals surface area contributed by atoms with Gasteiger partial charge in [-0.05, 0) is 42.0 Å². The number of carbonyl (C=O) groups is 1. The molecule has 2 rings (SSSR count). The Morgan fingerprint density at radius 3 is 2.71 bits per heavy atom. The molecule has 21 heavy (non-hydrogen) atoms. The van der Waals surface area contributed by atoms with Gasteiger partial charge in [0.05, 0.1) is 7.11 Å². The Morgan fingerprint density at radius 1 is 1.29 bits per heavy atom. The number of methoxy groups -OCH3 is 1. The molecule has 0 amide bonds. The molecular formula is C16H15NO4. The molecule has 0 unspecified atom stereocenters. The fraction of sp³-hybridized carbons (Fsp3) is 0.125. The second kappa shape index (κ2) is 7.09. The largest absolute Gasteiger partial charge is 0.497 e. The van der Waals surface area contributed by atoms with Crippen LogP contribution in [-0.4, -0.2) is 23.2 Å². The van der Waals surface area contributed by atoms with Crippen LogP contribution in [0, 0.1) is 0 Å². The van der Waals surface area contributed by atoms with Gasteiger partial charge >= 0.3 is 5.97 Å². The van der Waals surface area contributed by atoms with Gasteiger partial charge in [-0.15, -0.1) is 0 Å². The van der Waals surface area contributed by atoms with Crippen molar-refractivity contribution in [2.24, 2.45) is 0 Å². The van der Waals surface area contributed by atoms with Crippen molar-refractivity contribution in [2.75, 3.05) is 7.11 Å². The number of carboxylic acid groups (broad SMARTS) is 1. The maximum atomic E-state index is 10.7. The number of hydrogen-bond donors (Lipinski definition) is 1. The van der Waals surface area contributed by atoms with Crippen LogP contribution in [0.3, 0.4) is 0 Å². The summed E-state index contributed by atoms with van der Waals surface area (Å²) >= 11 is 0. The Bertz CT molecular complexity index is 638. The molecule has 108 valence electrons. The minimum atomic E-state index is -1.02. The molecule has 0 aliphatic carbocycles. The van der Waals surface area contributed by atoms with Crippen molar-refractivity contribution >= 4 is 12.0 Å². The van der Waals surface area contributed by atoms with E-state index in [4.69, 9.17) is 14.6 Å². The van der Waals surface area contributed by atoms with Gasteiger partial charge in [0, 0.05) is 24.0 Å². The standard InChI is InChI=1S/C16H15NO4/c1-20-14-3-4-15(13(10-14)2-5-16(18)19)21-11-12-6-8-17-9-7-12/h2-10H,11H2,1H3,(H,18,19)/b5-2+. The molecule has 1 aromatic carbocycles. The molecule has 0 aliphatic heterocycles. The van der Waals surface area contributed by atoms with Crippen molar-refractivity contribution in [1.29, 1.82) is 0 Å². The van der Waals surface area contributed by atoms with Crippen LogP contribution in [-0.2, 0) is 11.4 Å². The summed E-state index contributed by atoms with van der Waals surface area (Å²) in [6, 6.07) is 8.95. The third-order valence-corrected chi connectivity index (χ3v) is 2.77. The maximum Gasteiger partial charge on any atom is 0.328 e. The SMILES string of the molecule is COc1ccc(OCc2ccncc2)c(/C=C/C(=O)O)c1. The van der Waals surface area contributed by atoms with Gasteiger partial charge in [0.2, 0.25) is 0 Å². The van der Waals surface area contributed by atoms with Crippen molar-refractivity contribution in [1.82, 2.24) is 4.98 Å². The molecule has 2 aromatic rings. The molecule has 0 radical (unpaired) electrons. The monoisotopic (exact) mass is 285 g/mol. The van der Waals surface area contributed by atoms with E-state index in [9.17, 15) is 4.79 Å². The van der Waals surface area contributed by atoms with E-state index in [0.717, 1.165) is 11.6 Å². The number of benzene rings is 1. The molecule has 1 N–H and O–H groups in total. The first-order valence-electron chi connectivity index (χ1n) is 6.30. The zero-order valence-corrected chi connectivity index (χ0v) is 11.5. The molecule has 1 heterocycles. The van der Waals surface area contributed by atoms with Gasteiger partial charge in [-0.1, -0.05) is 0 Å². The van der Waals surface area contributed by atoms with Gasteiger partial charge < -0.3 is 14.6 Å². The van der Waals surface area contributed by atoms with E-state index in [-0.39, 0.29) is 0 Å². The highest BCUT2D eigenvalue weighted by Gasteiger charge is 2.04. The summed E-state index contributed by atoms with van der Waals surface area (Å²) in [5, 5.41) is 8.73. The average molecular weight is 285 g/mol. The summed E-state index contributed by atoms with van der Waals surface area (Å²) in [5.74, 6) is 0.208. The molecular weight excluding hydrogens is 270 g/mol. The zero-order valence-electron chi connectivity index (χ0n) is 11.5. The number of hydrogen-bond acceptors (Lipinski definition) is 4. The molecule has 5 heteroatoms. The normalized spacial score (nSPS) is 10.5. The summed E-state index contributed by atoms with van der Waals surface area (Å²) in [7, 11) is 1.55. The Labute approximate surface area is 122 Å². The number of pyridine rings is 1. The van der Waals surface area contributed by atoms with Crippen molar-refractivity contribution < 1.29 is 19.4 Å². The number of carboxylic acids is 1. The van der Waals surface area contributed by atoms with Crippen molar-refractivity contribution in [3.8, 4) is 11.5 Å². The summed E-state index contributed by atoms with van der Waals surface area (Å²) < 4.78 is 10.9. The number of rotatable bonds is 6. The van der Waals surface area contributed by atoms with E-state index < -0.39 is 5.97 Å². The number of aliphatic carboxylic acids is 1. The van der Waals surface area contributed by atoms with E-state index in [1.165, 1.54) is 6.08 Å². The molecule has 0 aliphatic rings.